The van der Waals surface area contributed by atoms with Crippen molar-refractivity contribution in [2.45, 2.75) is 51.2 Å². The van der Waals surface area contributed by atoms with Crippen LogP contribution in [-0.4, -0.2) is 47.8 Å². The first-order chi connectivity index (χ1) is 7.61. The molecule has 0 radical (unpaired) electrons. The van der Waals surface area contributed by atoms with Gasteiger partial charge in [-0.3, -0.25) is 0 Å². The SMILES string of the molecule is CCNC1CCCC1CN1CCC(C)(O)C1. The summed E-state index contributed by atoms with van der Waals surface area (Å²) >= 11 is 0. The molecular formula is C13H26N2O. The van der Waals surface area contributed by atoms with Gasteiger partial charge in [0.25, 0.3) is 0 Å². The average molecular weight is 226 g/mol. The minimum atomic E-state index is -0.438. The average Bonchev–Trinajstić information content (AvgIpc) is 2.76. The summed E-state index contributed by atoms with van der Waals surface area (Å²) in [6, 6.07) is 0.718. The van der Waals surface area contributed by atoms with E-state index in [9.17, 15) is 5.11 Å². The fourth-order valence-electron chi connectivity index (χ4n) is 3.31. The molecule has 0 bridgehead atoms. The Labute approximate surface area is 99.2 Å². The van der Waals surface area contributed by atoms with Gasteiger partial charge in [-0.2, -0.15) is 0 Å². The smallest absolute Gasteiger partial charge is 0.0758 e. The molecule has 1 saturated heterocycles. The molecule has 3 unspecified atom stereocenters. The minimum Gasteiger partial charge on any atom is -0.389 e. The Hall–Kier alpha value is -0.120. The van der Waals surface area contributed by atoms with Crippen LogP contribution in [0, 0.1) is 5.92 Å². The van der Waals surface area contributed by atoms with Crippen LogP contribution in [0.1, 0.15) is 39.5 Å². The van der Waals surface area contributed by atoms with Crippen LogP contribution in [0.5, 0.6) is 0 Å². The first-order valence-electron chi connectivity index (χ1n) is 6.79. The summed E-state index contributed by atoms with van der Waals surface area (Å²) in [4.78, 5) is 2.44. The van der Waals surface area contributed by atoms with Gasteiger partial charge in [-0.25, -0.2) is 0 Å². The fraction of sp³-hybridized carbons (Fsp3) is 1.00. The fourth-order valence-corrected chi connectivity index (χ4v) is 3.31. The highest BCUT2D eigenvalue weighted by Gasteiger charge is 2.35. The van der Waals surface area contributed by atoms with E-state index >= 15 is 0 Å². The molecular weight excluding hydrogens is 200 g/mol. The number of hydrogen-bond donors (Lipinski definition) is 2. The minimum absolute atomic E-state index is 0.438. The molecule has 2 N–H and O–H groups in total. The summed E-state index contributed by atoms with van der Waals surface area (Å²) in [6.07, 6.45) is 5.00. The molecule has 3 atom stereocenters. The van der Waals surface area contributed by atoms with Gasteiger partial charge in [0.1, 0.15) is 0 Å². The molecule has 0 aromatic rings. The summed E-state index contributed by atoms with van der Waals surface area (Å²) in [5.74, 6) is 0.800. The van der Waals surface area contributed by atoms with Crippen LogP contribution in [0.4, 0.5) is 0 Å². The third-order valence-electron chi connectivity index (χ3n) is 4.15. The molecule has 2 fully saturated rings. The van der Waals surface area contributed by atoms with Crippen molar-refractivity contribution in [3.05, 3.63) is 0 Å². The predicted octanol–water partition coefficient (Wildman–Crippen LogP) is 1.22. The van der Waals surface area contributed by atoms with Crippen molar-refractivity contribution in [3.8, 4) is 0 Å². The Morgan fingerprint density at radius 3 is 2.88 bits per heavy atom. The third kappa shape index (κ3) is 2.96. The van der Waals surface area contributed by atoms with E-state index in [-0.39, 0.29) is 0 Å². The van der Waals surface area contributed by atoms with Gasteiger partial charge >= 0.3 is 0 Å². The van der Waals surface area contributed by atoms with E-state index in [2.05, 4.69) is 17.1 Å². The molecule has 16 heavy (non-hydrogen) atoms. The molecule has 1 saturated carbocycles. The lowest BCUT2D eigenvalue weighted by atomic mass is 10.0. The Morgan fingerprint density at radius 1 is 1.44 bits per heavy atom. The molecule has 3 nitrogen and oxygen atoms in total. The molecule has 1 aliphatic carbocycles. The van der Waals surface area contributed by atoms with E-state index in [4.69, 9.17) is 0 Å². The normalized spacial score (nSPS) is 40.7. The van der Waals surface area contributed by atoms with Crippen molar-refractivity contribution in [3.63, 3.8) is 0 Å². The molecule has 0 amide bonds. The van der Waals surface area contributed by atoms with Crippen molar-refractivity contribution in [2.24, 2.45) is 5.92 Å². The highest BCUT2D eigenvalue weighted by atomic mass is 16.3. The van der Waals surface area contributed by atoms with Crippen molar-refractivity contribution >= 4 is 0 Å². The second-order valence-corrected chi connectivity index (χ2v) is 5.84. The lowest BCUT2D eigenvalue weighted by Gasteiger charge is -2.26. The van der Waals surface area contributed by atoms with Crippen LogP contribution in [0.25, 0.3) is 0 Å². The van der Waals surface area contributed by atoms with Crippen molar-refractivity contribution in [1.82, 2.24) is 10.2 Å². The second kappa shape index (κ2) is 5.03. The molecule has 1 heterocycles. The molecule has 2 aliphatic rings. The number of hydrogen-bond acceptors (Lipinski definition) is 3. The number of nitrogens with one attached hydrogen (secondary N) is 1. The van der Waals surface area contributed by atoms with E-state index in [0.29, 0.717) is 0 Å². The van der Waals surface area contributed by atoms with Gasteiger partial charge < -0.3 is 15.3 Å². The van der Waals surface area contributed by atoms with Crippen LogP contribution >= 0.6 is 0 Å². The van der Waals surface area contributed by atoms with E-state index in [1.807, 2.05) is 6.92 Å². The van der Waals surface area contributed by atoms with Crippen molar-refractivity contribution in [2.75, 3.05) is 26.2 Å². The summed E-state index contributed by atoms with van der Waals surface area (Å²) in [5.41, 5.74) is -0.438. The van der Waals surface area contributed by atoms with Crippen LogP contribution in [-0.2, 0) is 0 Å². The van der Waals surface area contributed by atoms with Crippen LogP contribution in [0.15, 0.2) is 0 Å². The van der Waals surface area contributed by atoms with E-state index < -0.39 is 5.60 Å². The van der Waals surface area contributed by atoms with E-state index in [1.54, 1.807) is 0 Å². The van der Waals surface area contributed by atoms with Gasteiger partial charge in [0.15, 0.2) is 0 Å². The molecule has 0 aromatic carbocycles. The standard InChI is InChI=1S/C13H26N2O/c1-3-14-12-6-4-5-11(12)9-15-8-7-13(2,16)10-15/h11-12,14,16H,3-10H2,1-2H3. The summed E-state index contributed by atoms with van der Waals surface area (Å²) in [6.45, 7) is 8.34. The highest BCUT2D eigenvalue weighted by molar-refractivity contribution is 4.90. The third-order valence-corrected chi connectivity index (χ3v) is 4.15. The summed E-state index contributed by atoms with van der Waals surface area (Å²) < 4.78 is 0. The zero-order chi connectivity index (χ0) is 11.6. The van der Waals surface area contributed by atoms with Gasteiger partial charge in [0.2, 0.25) is 0 Å². The van der Waals surface area contributed by atoms with Crippen LogP contribution in [0.2, 0.25) is 0 Å². The highest BCUT2D eigenvalue weighted by Crippen LogP contribution is 2.29. The lowest BCUT2D eigenvalue weighted by molar-refractivity contribution is 0.0661. The molecule has 0 aromatic heterocycles. The number of nitrogens with zero attached hydrogens (tertiary/aromatic N) is 1. The molecule has 3 heteroatoms. The zero-order valence-corrected chi connectivity index (χ0v) is 10.7. The van der Waals surface area contributed by atoms with Gasteiger partial charge in [0.05, 0.1) is 5.60 Å². The van der Waals surface area contributed by atoms with Gasteiger partial charge in [0, 0.05) is 25.7 Å². The maximum Gasteiger partial charge on any atom is 0.0758 e. The van der Waals surface area contributed by atoms with E-state index in [0.717, 1.165) is 38.0 Å². The predicted molar refractivity (Wildman–Crippen MR) is 66.5 cm³/mol. The Kier molecular flexibility index (Phi) is 3.88. The summed E-state index contributed by atoms with van der Waals surface area (Å²) in [5, 5.41) is 13.6. The Morgan fingerprint density at radius 2 is 2.25 bits per heavy atom. The summed E-state index contributed by atoms with van der Waals surface area (Å²) in [7, 11) is 0. The number of aliphatic hydroxyl groups is 1. The van der Waals surface area contributed by atoms with Gasteiger partial charge in [-0.15, -0.1) is 0 Å². The Bertz CT molecular complexity index is 230. The van der Waals surface area contributed by atoms with E-state index in [1.165, 1.54) is 25.8 Å². The maximum atomic E-state index is 9.95. The largest absolute Gasteiger partial charge is 0.389 e. The first kappa shape index (κ1) is 12.3. The maximum absolute atomic E-state index is 9.95. The zero-order valence-electron chi connectivity index (χ0n) is 10.7. The van der Waals surface area contributed by atoms with Gasteiger partial charge in [-0.05, 0) is 38.6 Å². The van der Waals surface area contributed by atoms with Crippen molar-refractivity contribution < 1.29 is 5.11 Å². The molecule has 0 spiro atoms. The lowest BCUT2D eigenvalue weighted by Crippen LogP contribution is -2.39. The number of likely N-dealkylation sites (tertiary alicyclic amines) is 1. The second-order valence-electron chi connectivity index (χ2n) is 5.84. The Balaban J connectivity index is 1.81. The van der Waals surface area contributed by atoms with Crippen molar-refractivity contribution in [1.29, 1.82) is 0 Å². The molecule has 2 rings (SSSR count). The topological polar surface area (TPSA) is 35.5 Å². The monoisotopic (exact) mass is 226 g/mol. The number of β-amino-alcohol motifs (C(OH)–C–C–N with tert-alkyl or cyclic N) is 1. The number of rotatable bonds is 4. The quantitative estimate of drug-likeness (QED) is 0.756. The van der Waals surface area contributed by atoms with Gasteiger partial charge in [-0.1, -0.05) is 13.3 Å². The molecule has 94 valence electrons. The first-order valence-corrected chi connectivity index (χ1v) is 6.79. The van der Waals surface area contributed by atoms with Crippen LogP contribution < -0.4 is 5.32 Å². The van der Waals surface area contributed by atoms with Crippen LogP contribution in [0.3, 0.4) is 0 Å². The molecule has 1 aliphatic heterocycles.